The lowest BCUT2D eigenvalue weighted by molar-refractivity contribution is 0.0940. The summed E-state index contributed by atoms with van der Waals surface area (Å²) in [5, 5.41) is 16.8. The van der Waals surface area contributed by atoms with Crippen LogP contribution in [0.2, 0.25) is 5.02 Å². The van der Waals surface area contributed by atoms with Gasteiger partial charge in [0.15, 0.2) is 5.69 Å². The number of rotatable bonds is 5. The maximum absolute atomic E-state index is 12.0. The monoisotopic (exact) mass is 307 g/mol. The Kier molecular flexibility index (Phi) is 4.98. The van der Waals surface area contributed by atoms with E-state index in [-0.39, 0.29) is 5.91 Å². The third kappa shape index (κ3) is 4.06. The summed E-state index contributed by atoms with van der Waals surface area (Å²) in [6.07, 6.45) is 0.0794. The molecular formula is C15H18ClN3O2. The number of hydrogen-bond donors (Lipinski definition) is 2. The van der Waals surface area contributed by atoms with Crippen LogP contribution >= 0.6 is 11.6 Å². The zero-order valence-corrected chi connectivity index (χ0v) is 12.8. The summed E-state index contributed by atoms with van der Waals surface area (Å²) >= 11 is 5.97. The van der Waals surface area contributed by atoms with Gasteiger partial charge >= 0.3 is 0 Å². The average Bonchev–Trinajstić information content (AvgIpc) is 2.80. The van der Waals surface area contributed by atoms with Crippen molar-refractivity contribution < 1.29 is 9.90 Å². The van der Waals surface area contributed by atoms with Crippen molar-refractivity contribution in [3.8, 4) is 5.69 Å². The van der Waals surface area contributed by atoms with Crippen LogP contribution in [0.1, 0.15) is 29.5 Å². The molecule has 0 aliphatic heterocycles. The lowest BCUT2D eigenvalue weighted by Crippen LogP contribution is -2.27. The van der Waals surface area contributed by atoms with Crippen LogP contribution in [0.25, 0.3) is 5.69 Å². The second-order valence-corrected chi connectivity index (χ2v) is 5.39. The number of carbonyl (C=O) groups is 1. The van der Waals surface area contributed by atoms with Crippen LogP contribution in [0, 0.1) is 6.92 Å². The fourth-order valence-electron chi connectivity index (χ4n) is 1.94. The molecule has 1 atom stereocenters. The molecule has 0 saturated carbocycles. The van der Waals surface area contributed by atoms with Crippen molar-refractivity contribution >= 4 is 17.5 Å². The predicted octanol–water partition coefficient (Wildman–Crippen LogP) is 2.33. The number of hydrogen-bond acceptors (Lipinski definition) is 3. The topological polar surface area (TPSA) is 67.2 Å². The van der Waals surface area contributed by atoms with Crippen LogP contribution in [-0.4, -0.2) is 33.4 Å². The molecule has 2 rings (SSSR count). The second-order valence-electron chi connectivity index (χ2n) is 4.96. The van der Waals surface area contributed by atoms with Crippen molar-refractivity contribution in [2.45, 2.75) is 26.4 Å². The van der Waals surface area contributed by atoms with Crippen molar-refractivity contribution in [3.63, 3.8) is 0 Å². The Morgan fingerprint density at radius 1 is 1.48 bits per heavy atom. The average molecular weight is 308 g/mol. The zero-order valence-electron chi connectivity index (χ0n) is 12.0. The largest absolute Gasteiger partial charge is 0.393 e. The highest BCUT2D eigenvalue weighted by Crippen LogP contribution is 2.16. The quantitative estimate of drug-likeness (QED) is 0.891. The number of amides is 1. The summed E-state index contributed by atoms with van der Waals surface area (Å²) in [6.45, 7) is 3.98. The molecule has 112 valence electrons. The molecule has 1 amide bonds. The number of aryl methyl sites for hydroxylation is 1. The first kappa shape index (κ1) is 15.5. The number of aromatic nitrogens is 2. The minimum Gasteiger partial charge on any atom is -0.393 e. The van der Waals surface area contributed by atoms with Gasteiger partial charge in [-0.05, 0) is 44.5 Å². The molecule has 0 bridgehead atoms. The first-order chi connectivity index (χ1) is 9.97. The Hall–Kier alpha value is -1.85. The first-order valence-electron chi connectivity index (χ1n) is 6.76. The van der Waals surface area contributed by atoms with Gasteiger partial charge in [-0.15, -0.1) is 0 Å². The van der Waals surface area contributed by atoms with Crippen LogP contribution < -0.4 is 5.32 Å². The van der Waals surface area contributed by atoms with Crippen LogP contribution in [0.3, 0.4) is 0 Å². The summed E-state index contributed by atoms with van der Waals surface area (Å²) in [7, 11) is 0. The van der Waals surface area contributed by atoms with Crippen molar-refractivity contribution in [1.82, 2.24) is 15.1 Å². The molecule has 0 fully saturated rings. The first-order valence-corrected chi connectivity index (χ1v) is 7.14. The number of carbonyl (C=O) groups excluding carboxylic acids is 1. The minimum absolute atomic E-state index is 0.250. The Labute approximate surface area is 128 Å². The van der Waals surface area contributed by atoms with Crippen LogP contribution in [0.5, 0.6) is 0 Å². The van der Waals surface area contributed by atoms with Crippen LogP contribution in [0.15, 0.2) is 30.3 Å². The van der Waals surface area contributed by atoms with Gasteiger partial charge < -0.3 is 10.4 Å². The standard InChI is InChI=1S/C15H18ClN3O2/c1-10-8-14(15(21)17-7-6-11(2)20)18-19(10)13-5-3-4-12(16)9-13/h3-5,8-9,11,20H,6-7H2,1-2H3,(H,17,21). The third-order valence-corrected chi connectivity index (χ3v) is 3.26. The van der Waals surface area contributed by atoms with E-state index in [1.54, 1.807) is 29.8 Å². The highest BCUT2D eigenvalue weighted by atomic mass is 35.5. The maximum atomic E-state index is 12.0. The van der Waals surface area contributed by atoms with Gasteiger partial charge in [0.1, 0.15) is 0 Å². The molecular weight excluding hydrogens is 290 g/mol. The highest BCUT2D eigenvalue weighted by Gasteiger charge is 2.13. The van der Waals surface area contributed by atoms with Gasteiger partial charge in [-0.2, -0.15) is 5.10 Å². The smallest absolute Gasteiger partial charge is 0.271 e. The van der Waals surface area contributed by atoms with Gasteiger partial charge in [-0.3, -0.25) is 4.79 Å². The van der Waals surface area contributed by atoms with E-state index in [4.69, 9.17) is 11.6 Å². The normalized spacial score (nSPS) is 12.2. The van der Waals surface area contributed by atoms with Crippen LogP contribution in [0.4, 0.5) is 0 Å². The second kappa shape index (κ2) is 6.74. The predicted molar refractivity (Wildman–Crippen MR) is 81.9 cm³/mol. The SMILES string of the molecule is Cc1cc(C(=O)NCCC(C)O)nn1-c1cccc(Cl)c1. The molecule has 5 nitrogen and oxygen atoms in total. The summed E-state index contributed by atoms with van der Waals surface area (Å²) in [6, 6.07) is 9.00. The van der Waals surface area contributed by atoms with Crippen molar-refractivity contribution in [2.24, 2.45) is 0 Å². The number of nitrogens with zero attached hydrogens (tertiary/aromatic N) is 2. The van der Waals surface area contributed by atoms with Gasteiger partial charge in [0, 0.05) is 17.3 Å². The molecule has 2 N–H and O–H groups in total. The van der Waals surface area contributed by atoms with E-state index in [0.29, 0.717) is 23.7 Å². The molecule has 1 unspecified atom stereocenters. The molecule has 0 radical (unpaired) electrons. The Morgan fingerprint density at radius 2 is 2.24 bits per heavy atom. The van der Waals surface area contributed by atoms with Gasteiger partial charge in [-0.1, -0.05) is 17.7 Å². The summed E-state index contributed by atoms with van der Waals surface area (Å²) in [5.41, 5.74) is 2.00. The molecule has 1 heterocycles. The van der Waals surface area contributed by atoms with Crippen molar-refractivity contribution in [2.75, 3.05) is 6.54 Å². The molecule has 21 heavy (non-hydrogen) atoms. The van der Waals surface area contributed by atoms with E-state index >= 15 is 0 Å². The summed E-state index contributed by atoms with van der Waals surface area (Å²) in [4.78, 5) is 12.0. The Balaban J connectivity index is 2.13. The molecule has 2 aromatic rings. The van der Waals surface area contributed by atoms with Gasteiger partial charge in [0.2, 0.25) is 0 Å². The summed E-state index contributed by atoms with van der Waals surface area (Å²) < 4.78 is 1.68. The van der Waals surface area contributed by atoms with E-state index in [0.717, 1.165) is 11.4 Å². The zero-order chi connectivity index (χ0) is 15.4. The molecule has 0 saturated heterocycles. The van der Waals surface area contributed by atoms with Crippen LogP contribution in [-0.2, 0) is 0 Å². The third-order valence-electron chi connectivity index (χ3n) is 3.02. The minimum atomic E-state index is -0.434. The fourth-order valence-corrected chi connectivity index (χ4v) is 2.12. The van der Waals surface area contributed by atoms with Gasteiger partial charge in [-0.25, -0.2) is 4.68 Å². The molecule has 0 spiro atoms. The Morgan fingerprint density at radius 3 is 2.90 bits per heavy atom. The Bertz CT molecular complexity index is 638. The molecule has 0 aliphatic carbocycles. The van der Waals surface area contributed by atoms with E-state index in [9.17, 15) is 9.90 Å². The molecule has 1 aromatic heterocycles. The number of aliphatic hydroxyl groups excluding tert-OH is 1. The fraction of sp³-hybridized carbons (Fsp3) is 0.333. The lowest BCUT2D eigenvalue weighted by Gasteiger charge is -2.05. The van der Waals surface area contributed by atoms with E-state index in [2.05, 4.69) is 10.4 Å². The summed E-state index contributed by atoms with van der Waals surface area (Å²) in [5.74, 6) is -0.250. The molecule has 0 aliphatic rings. The number of nitrogens with one attached hydrogen (secondary N) is 1. The number of halogens is 1. The van der Waals surface area contributed by atoms with E-state index in [1.165, 1.54) is 0 Å². The van der Waals surface area contributed by atoms with Gasteiger partial charge in [0.05, 0.1) is 11.8 Å². The van der Waals surface area contributed by atoms with E-state index < -0.39 is 6.10 Å². The van der Waals surface area contributed by atoms with Crippen molar-refractivity contribution in [3.05, 3.63) is 46.7 Å². The highest BCUT2D eigenvalue weighted by molar-refractivity contribution is 6.30. The number of aliphatic hydroxyl groups is 1. The van der Waals surface area contributed by atoms with E-state index in [1.807, 2.05) is 19.1 Å². The number of benzene rings is 1. The maximum Gasteiger partial charge on any atom is 0.271 e. The molecule has 1 aromatic carbocycles. The lowest BCUT2D eigenvalue weighted by atomic mass is 10.3. The van der Waals surface area contributed by atoms with Crippen molar-refractivity contribution in [1.29, 1.82) is 0 Å². The van der Waals surface area contributed by atoms with Gasteiger partial charge in [0.25, 0.3) is 5.91 Å². The molecule has 6 heteroatoms.